The lowest BCUT2D eigenvalue weighted by molar-refractivity contribution is -0.119. The van der Waals surface area contributed by atoms with E-state index in [1.165, 1.54) is 47.5 Å². The van der Waals surface area contributed by atoms with Crippen LogP contribution in [-0.4, -0.2) is 52.0 Å². The third kappa shape index (κ3) is 7.35. The predicted molar refractivity (Wildman–Crippen MR) is 146 cm³/mol. The van der Waals surface area contributed by atoms with Crippen LogP contribution in [0.2, 0.25) is 0 Å². The summed E-state index contributed by atoms with van der Waals surface area (Å²) in [4.78, 5) is 42.9. The number of hydrogen-bond acceptors (Lipinski definition) is 6. The fourth-order valence-corrected chi connectivity index (χ4v) is 4.69. The molecule has 1 aliphatic carbocycles. The average Bonchev–Trinajstić information content (AvgIpc) is 3.53. The molecule has 0 unspecified atom stereocenters. The molecule has 5 rings (SSSR count). The summed E-state index contributed by atoms with van der Waals surface area (Å²) in [5, 5.41) is 17.2. The van der Waals surface area contributed by atoms with Gasteiger partial charge in [-0.15, -0.1) is 0 Å². The number of aliphatic hydroxyl groups is 1. The lowest BCUT2D eigenvalue weighted by Crippen LogP contribution is -2.33. The van der Waals surface area contributed by atoms with Crippen molar-refractivity contribution in [3.63, 3.8) is 0 Å². The number of halogens is 3. The monoisotopic (exact) mass is 583 g/mol. The van der Waals surface area contributed by atoms with Crippen molar-refractivity contribution in [2.45, 2.75) is 38.2 Å². The SMILES string of the molecule is O=C(CC1(CC(=O)Nc2cc(F)c(Oc3ccnc(NC(=O)N4CC[C@@H](O)C4)c3)cc2F)CC1)Nc1ccc(F)cc1. The first-order valence-electron chi connectivity index (χ1n) is 13.3. The van der Waals surface area contributed by atoms with Crippen molar-refractivity contribution in [1.29, 1.82) is 0 Å². The van der Waals surface area contributed by atoms with Gasteiger partial charge in [-0.1, -0.05) is 0 Å². The van der Waals surface area contributed by atoms with E-state index in [9.17, 15) is 32.7 Å². The number of amides is 4. The Morgan fingerprint density at radius 1 is 0.952 bits per heavy atom. The lowest BCUT2D eigenvalue weighted by Gasteiger charge is -2.16. The van der Waals surface area contributed by atoms with Gasteiger partial charge in [0.25, 0.3) is 0 Å². The van der Waals surface area contributed by atoms with Gasteiger partial charge in [0.05, 0.1) is 11.8 Å². The number of benzene rings is 2. The third-order valence-corrected chi connectivity index (χ3v) is 7.10. The summed E-state index contributed by atoms with van der Waals surface area (Å²) in [6.07, 6.45) is 2.44. The fraction of sp³-hybridized carbons (Fsp3) is 0.310. The number of nitrogens with one attached hydrogen (secondary N) is 3. The van der Waals surface area contributed by atoms with Crippen LogP contribution < -0.4 is 20.7 Å². The summed E-state index contributed by atoms with van der Waals surface area (Å²) >= 11 is 0. The quantitative estimate of drug-likeness (QED) is 0.280. The van der Waals surface area contributed by atoms with Gasteiger partial charge in [0, 0.05) is 56.0 Å². The normalized spacial score (nSPS) is 17.0. The number of likely N-dealkylation sites (tertiary alicyclic amines) is 1. The van der Waals surface area contributed by atoms with Gasteiger partial charge in [-0.2, -0.15) is 0 Å². The molecule has 1 atom stereocenters. The minimum Gasteiger partial charge on any atom is -0.454 e. The van der Waals surface area contributed by atoms with E-state index in [0.29, 0.717) is 31.5 Å². The summed E-state index contributed by atoms with van der Waals surface area (Å²) in [6, 6.07) is 9.15. The molecule has 0 spiro atoms. The van der Waals surface area contributed by atoms with Gasteiger partial charge in [-0.05, 0) is 55.0 Å². The predicted octanol–water partition coefficient (Wildman–Crippen LogP) is 5.03. The van der Waals surface area contributed by atoms with E-state index in [4.69, 9.17) is 4.74 Å². The lowest BCUT2D eigenvalue weighted by atomic mass is 9.97. The number of nitrogens with zero attached hydrogens (tertiary/aromatic N) is 2. The molecule has 2 aliphatic rings. The third-order valence-electron chi connectivity index (χ3n) is 7.10. The minimum absolute atomic E-state index is 0.0514. The standard InChI is InChI=1S/C29H28F3N5O5/c30-17-1-3-18(4-2-17)34-26(39)14-29(7-8-29)15-27(40)35-23-12-22(32)24(13-21(23)31)42-20-5-9-33-25(11-20)36-28(41)37-10-6-19(38)16-37/h1-5,9,11-13,19,38H,6-8,10,14-16H2,(H,34,39)(H,35,40)(H,33,36,41)/t19-/m1/s1. The van der Waals surface area contributed by atoms with Crippen molar-refractivity contribution in [1.82, 2.24) is 9.88 Å². The molecule has 10 nitrogen and oxygen atoms in total. The molecule has 2 aromatic carbocycles. The highest BCUT2D eigenvalue weighted by Crippen LogP contribution is 2.52. The first-order chi connectivity index (χ1) is 20.1. The second-order valence-electron chi connectivity index (χ2n) is 10.5. The summed E-state index contributed by atoms with van der Waals surface area (Å²) < 4.78 is 48.2. The maximum Gasteiger partial charge on any atom is 0.323 e. The summed E-state index contributed by atoms with van der Waals surface area (Å²) in [5.74, 6) is -3.48. The van der Waals surface area contributed by atoms with E-state index in [-0.39, 0.29) is 42.5 Å². The van der Waals surface area contributed by atoms with Crippen molar-refractivity contribution in [2.75, 3.05) is 29.0 Å². The number of ether oxygens (including phenoxy) is 1. The van der Waals surface area contributed by atoms with Crippen molar-refractivity contribution < 1.29 is 37.4 Å². The highest BCUT2D eigenvalue weighted by Gasteiger charge is 2.46. The van der Waals surface area contributed by atoms with Gasteiger partial charge in [-0.25, -0.2) is 22.9 Å². The Morgan fingerprint density at radius 3 is 2.33 bits per heavy atom. The highest BCUT2D eigenvalue weighted by atomic mass is 19.1. The second kappa shape index (κ2) is 12.1. The Kier molecular flexibility index (Phi) is 8.29. The maximum absolute atomic E-state index is 14.8. The molecule has 1 aliphatic heterocycles. The fourth-order valence-electron chi connectivity index (χ4n) is 4.69. The molecule has 42 heavy (non-hydrogen) atoms. The number of carbonyl (C=O) groups is 3. The number of aliphatic hydroxyl groups excluding tert-OH is 1. The van der Waals surface area contributed by atoms with Gasteiger partial charge in [0.15, 0.2) is 17.4 Å². The zero-order valence-electron chi connectivity index (χ0n) is 22.3. The Morgan fingerprint density at radius 2 is 1.67 bits per heavy atom. The van der Waals surface area contributed by atoms with Crippen LogP contribution in [0.25, 0.3) is 0 Å². The van der Waals surface area contributed by atoms with Crippen LogP contribution in [0.4, 0.5) is 35.2 Å². The van der Waals surface area contributed by atoms with Gasteiger partial charge >= 0.3 is 6.03 Å². The molecule has 0 radical (unpaired) electrons. The largest absolute Gasteiger partial charge is 0.454 e. The molecule has 4 N–H and O–H groups in total. The Hall–Kier alpha value is -4.65. The molecule has 2 heterocycles. The molecule has 1 aromatic heterocycles. The number of anilines is 3. The Bertz CT molecular complexity index is 1500. The van der Waals surface area contributed by atoms with Crippen molar-refractivity contribution >= 4 is 35.0 Å². The average molecular weight is 584 g/mol. The van der Waals surface area contributed by atoms with E-state index < -0.39 is 46.7 Å². The molecule has 2 fully saturated rings. The molecular weight excluding hydrogens is 555 g/mol. The molecule has 13 heteroatoms. The second-order valence-corrected chi connectivity index (χ2v) is 10.5. The van der Waals surface area contributed by atoms with Crippen LogP contribution in [0.15, 0.2) is 54.7 Å². The van der Waals surface area contributed by atoms with Gasteiger partial charge < -0.3 is 25.4 Å². The van der Waals surface area contributed by atoms with E-state index in [1.807, 2.05) is 0 Å². The van der Waals surface area contributed by atoms with E-state index >= 15 is 0 Å². The number of rotatable bonds is 9. The Labute approximate surface area is 238 Å². The van der Waals surface area contributed by atoms with Crippen LogP contribution in [0.1, 0.15) is 32.1 Å². The zero-order valence-corrected chi connectivity index (χ0v) is 22.3. The summed E-state index contributed by atoms with van der Waals surface area (Å²) in [5.41, 5.74) is -0.543. The number of urea groups is 1. The molecule has 3 aromatic rings. The van der Waals surface area contributed by atoms with Gasteiger partial charge in [0.1, 0.15) is 17.4 Å². The van der Waals surface area contributed by atoms with Crippen LogP contribution in [-0.2, 0) is 9.59 Å². The van der Waals surface area contributed by atoms with E-state index in [2.05, 4.69) is 20.9 Å². The summed E-state index contributed by atoms with van der Waals surface area (Å²) in [6.45, 7) is 0.591. The van der Waals surface area contributed by atoms with Crippen LogP contribution >= 0.6 is 0 Å². The van der Waals surface area contributed by atoms with Crippen LogP contribution in [0.5, 0.6) is 11.5 Å². The molecule has 220 valence electrons. The highest BCUT2D eigenvalue weighted by molar-refractivity contribution is 5.94. The zero-order chi connectivity index (χ0) is 29.9. The van der Waals surface area contributed by atoms with E-state index in [1.54, 1.807) is 0 Å². The van der Waals surface area contributed by atoms with Crippen LogP contribution in [0.3, 0.4) is 0 Å². The molecular formula is C29H28F3N5O5. The van der Waals surface area contributed by atoms with Crippen molar-refractivity contribution in [3.05, 3.63) is 72.2 Å². The molecule has 0 bridgehead atoms. The van der Waals surface area contributed by atoms with Gasteiger partial charge in [0.2, 0.25) is 11.8 Å². The van der Waals surface area contributed by atoms with Crippen molar-refractivity contribution in [3.8, 4) is 11.5 Å². The Balaban J connectivity index is 1.16. The number of aromatic nitrogens is 1. The number of β-amino-alcohol motifs (C(OH)–C–C–N with tert-alkyl or cyclic N) is 1. The van der Waals surface area contributed by atoms with Crippen molar-refractivity contribution in [2.24, 2.45) is 5.41 Å². The molecule has 1 saturated carbocycles. The minimum atomic E-state index is -0.944. The first kappa shape index (κ1) is 28.9. The summed E-state index contributed by atoms with van der Waals surface area (Å²) in [7, 11) is 0. The first-order valence-corrected chi connectivity index (χ1v) is 13.3. The number of carbonyl (C=O) groups excluding carboxylic acids is 3. The number of pyridine rings is 1. The maximum atomic E-state index is 14.8. The van der Waals surface area contributed by atoms with Crippen LogP contribution in [0, 0.1) is 22.9 Å². The topological polar surface area (TPSA) is 133 Å². The molecule has 1 saturated heterocycles. The number of hydrogen-bond donors (Lipinski definition) is 4. The van der Waals surface area contributed by atoms with Gasteiger partial charge in [-0.3, -0.25) is 14.9 Å². The smallest absolute Gasteiger partial charge is 0.323 e. The molecule has 4 amide bonds. The van der Waals surface area contributed by atoms with E-state index in [0.717, 1.165) is 12.1 Å².